The van der Waals surface area contributed by atoms with E-state index in [0.29, 0.717) is 35.4 Å². The van der Waals surface area contributed by atoms with E-state index in [0.717, 1.165) is 0 Å². The predicted octanol–water partition coefficient (Wildman–Crippen LogP) is 5.19. The number of urea groups is 1. The van der Waals surface area contributed by atoms with Gasteiger partial charge in [0.25, 0.3) is 0 Å². The van der Waals surface area contributed by atoms with Crippen molar-refractivity contribution in [2.24, 2.45) is 0 Å². The van der Waals surface area contributed by atoms with Crippen molar-refractivity contribution in [3.8, 4) is 0 Å². The van der Waals surface area contributed by atoms with Crippen molar-refractivity contribution in [3.05, 3.63) is 65.6 Å². The molecule has 8 nitrogen and oxygen atoms in total. The summed E-state index contributed by atoms with van der Waals surface area (Å²) in [4.78, 5) is 24.6. The topological polar surface area (TPSA) is 104 Å². The van der Waals surface area contributed by atoms with E-state index in [1.165, 1.54) is 0 Å². The molecule has 0 aliphatic heterocycles. The lowest BCUT2D eigenvalue weighted by atomic mass is 10.1. The van der Waals surface area contributed by atoms with Gasteiger partial charge in [-0.3, -0.25) is 0 Å². The van der Waals surface area contributed by atoms with Gasteiger partial charge in [-0.2, -0.15) is 26.3 Å². The number of nitrogens with one attached hydrogen (secondary N) is 4. The molecule has 0 fully saturated rings. The molecule has 0 saturated heterocycles. The van der Waals surface area contributed by atoms with E-state index < -0.39 is 35.2 Å². The van der Waals surface area contributed by atoms with Gasteiger partial charge in [-0.1, -0.05) is 6.07 Å². The number of hydrogen-bond donors (Lipinski definition) is 4. The molecule has 4 N–H and O–H groups in total. The van der Waals surface area contributed by atoms with Crippen molar-refractivity contribution in [1.29, 1.82) is 0 Å². The fourth-order valence-corrected chi connectivity index (χ4v) is 2.86. The number of halogens is 6. The van der Waals surface area contributed by atoms with Gasteiger partial charge in [0, 0.05) is 31.0 Å². The highest BCUT2D eigenvalue weighted by atomic mass is 19.4. The fourth-order valence-electron chi connectivity index (χ4n) is 2.86. The van der Waals surface area contributed by atoms with Gasteiger partial charge in [0.2, 0.25) is 0 Å². The van der Waals surface area contributed by atoms with Crippen LogP contribution in [0.15, 0.2) is 48.7 Å². The molecule has 186 valence electrons. The average Bonchev–Trinajstić information content (AvgIpc) is 2.76. The highest BCUT2D eigenvalue weighted by Gasteiger charge is 2.37. The van der Waals surface area contributed by atoms with Crippen LogP contribution in [0.3, 0.4) is 0 Å². The van der Waals surface area contributed by atoms with Crippen molar-refractivity contribution in [1.82, 2.24) is 20.3 Å². The zero-order chi connectivity index (χ0) is 25.6. The molecule has 0 spiro atoms. The first-order valence-corrected chi connectivity index (χ1v) is 10.0. The molecular weight excluding hydrogens is 480 g/mol. The number of benzene rings is 1. The Bertz CT molecular complexity index is 1140. The normalized spacial score (nSPS) is 11.6. The smallest absolute Gasteiger partial charge is 0.368 e. The number of rotatable bonds is 7. The van der Waals surface area contributed by atoms with Crippen molar-refractivity contribution in [3.63, 3.8) is 0 Å². The second-order valence-corrected chi connectivity index (χ2v) is 7.13. The van der Waals surface area contributed by atoms with Gasteiger partial charge in [0.05, 0.1) is 11.1 Å². The Morgan fingerprint density at radius 3 is 2.11 bits per heavy atom. The second kappa shape index (κ2) is 10.4. The number of amides is 2. The summed E-state index contributed by atoms with van der Waals surface area (Å²) in [7, 11) is 0. The molecular formula is C21H19F6N7O. The Labute approximate surface area is 195 Å². The Kier molecular flexibility index (Phi) is 7.62. The average molecular weight is 499 g/mol. The van der Waals surface area contributed by atoms with E-state index >= 15 is 0 Å². The molecule has 0 saturated carbocycles. The molecule has 0 radical (unpaired) electrons. The number of aromatic nitrogens is 3. The third-order valence-electron chi connectivity index (χ3n) is 4.32. The number of carbonyl (C=O) groups excluding carboxylic acids is 1. The Balaban J connectivity index is 1.56. The minimum absolute atomic E-state index is 0.0109. The monoisotopic (exact) mass is 499 g/mol. The molecule has 2 aromatic heterocycles. The molecule has 14 heteroatoms. The molecule has 0 atom stereocenters. The summed E-state index contributed by atoms with van der Waals surface area (Å²) < 4.78 is 77.6. The van der Waals surface area contributed by atoms with Gasteiger partial charge < -0.3 is 21.3 Å². The summed E-state index contributed by atoms with van der Waals surface area (Å²) in [6, 6.07) is 6.75. The zero-order valence-corrected chi connectivity index (χ0v) is 18.1. The fraction of sp³-hybridized carbons (Fsp3) is 0.238. The van der Waals surface area contributed by atoms with E-state index in [1.807, 2.05) is 5.32 Å². The van der Waals surface area contributed by atoms with Gasteiger partial charge in [-0.25, -0.2) is 19.7 Å². The van der Waals surface area contributed by atoms with Crippen LogP contribution in [-0.2, 0) is 12.4 Å². The van der Waals surface area contributed by atoms with E-state index in [9.17, 15) is 31.1 Å². The molecule has 2 amide bonds. The molecule has 0 bridgehead atoms. The molecule has 2 heterocycles. The molecule has 1 aromatic carbocycles. The van der Waals surface area contributed by atoms with E-state index in [-0.39, 0.29) is 19.2 Å². The van der Waals surface area contributed by atoms with Crippen LogP contribution in [0.25, 0.3) is 0 Å². The summed E-state index contributed by atoms with van der Waals surface area (Å²) in [6.07, 6.45) is -8.42. The van der Waals surface area contributed by atoms with E-state index in [1.54, 1.807) is 37.4 Å². The van der Waals surface area contributed by atoms with Crippen LogP contribution in [0.1, 0.15) is 17.0 Å². The predicted molar refractivity (Wildman–Crippen MR) is 116 cm³/mol. The van der Waals surface area contributed by atoms with Crippen LogP contribution in [0.2, 0.25) is 0 Å². The van der Waals surface area contributed by atoms with E-state index in [4.69, 9.17) is 0 Å². The zero-order valence-electron chi connectivity index (χ0n) is 18.1. The quantitative estimate of drug-likeness (QED) is 0.263. The summed E-state index contributed by atoms with van der Waals surface area (Å²) in [5, 5.41) is 10.3. The number of hydrogen-bond acceptors (Lipinski definition) is 6. The number of alkyl halides is 6. The molecule has 35 heavy (non-hydrogen) atoms. The molecule has 0 aliphatic rings. The largest absolute Gasteiger partial charge is 0.416 e. The van der Waals surface area contributed by atoms with Crippen LogP contribution in [0.4, 0.5) is 54.3 Å². The van der Waals surface area contributed by atoms with Crippen molar-refractivity contribution < 1.29 is 31.1 Å². The molecule has 3 rings (SSSR count). The lowest BCUT2D eigenvalue weighted by Gasteiger charge is -2.15. The summed E-state index contributed by atoms with van der Waals surface area (Å²) in [5.41, 5.74) is -3.70. The minimum atomic E-state index is -5.02. The first-order valence-electron chi connectivity index (χ1n) is 10.0. The van der Waals surface area contributed by atoms with Gasteiger partial charge in [0.1, 0.15) is 23.3 Å². The third-order valence-corrected chi connectivity index (χ3v) is 4.32. The van der Waals surface area contributed by atoms with Crippen molar-refractivity contribution in [2.75, 3.05) is 29.0 Å². The number of carbonyl (C=O) groups is 1. The second-order valence-electron chi connectivity index (χ2n) is 7.13. The summed E-state index contributed by atoms with van der Waals surface area (Å²) >= 11 is 0. The maximum atomic E-state index is 12.9. The SMILES string of the molecule is Cc1nc(NCCNC(=O)Nc2cc(C(F)(F)F)cc(C(F)(F)F)c2)cc(Nc2ccccn2)n1. The van der Waals surface area contributed by atoms with Crippen LogP contribution in [0, 0.1) is 6.92 Å². The van der Waals surface area contributed by atoms with Crippen molar-refractivity contribution >= 4 is 29.2 Å². The summed E-state index contributed by atoms with van der Waals surface area (Å²) in [5.74, 6) is 1.91. The van der Waals surface area contributed by atoms with Crippen LogP contribution in [-0.4, -0.2) is 34.1 Å². The summed E-state index contributed by atoms with van der Waals surface area (Å²) in [6.45, 7) is 1.82. The van der Waals surface area contributed by atoms with Crippen LogP contribution >= 0.6 is 0 Å². The van der Waals surface area contributed by atoms with Crippen molar-refractivity contribution in [2.45, 2.75) is 19.3 Å². The van der Waals surface area contributed by atoms with Crippen LogP contribution < -0.4 is 21.3 Å². The number of anilines is 4. The van der Waals surface area contributed by atoms with Crippen LogP contribution in [0.5, 0.6) is 0 Å². The lowest BCUT2D eigenvalue weighted by Crippen LogP contribution is -2.33. The highest BCUT2D eigenvalue weighted by Crippen LogP contribution is 2.37. The van der Waals surface area contributed by atoms with Gasteiger partial charge >= 0.3 is 18.4 Å². The number of pyridine rings is 1. The third kappa shape index (κ3) is 7.72. The first-order chi connectivity index (χ1) is 16.4. The van der Waals surface area contributed by atoms with E-state index in [2.05, 4.69) is 30.9 Å². The molecule has 0 aliphatic carbocycles. The van der Waals surface area contributed by atoms with Gasteiger partial charge in [-0.15, -0.1) is 0 Å². The van der Waals surface area contributed by atoms with Gasteiger partial charge in [-0.05, 0) is 37.3 Å². The Morgan fingerprint density at radius 2 is 1.51 bits per heavy atom. The molecule has 3 aromatic rings. The molecule has 0 unspecified atom stereocenters. The number of aryl methyl sites for hydroxylation is 1. The first kappa shape index (κ1) is 25.5. The maximum Gasteiger partial charge on any atom is 0.416 e. The minimum Gasteiger partial charge on any atom is -0.368 e. The standard InChI is InChI=1S/C21H19F6N7O/c1-12-31-17(11-18(32-12)34-16-4-2-3-5-28-16)29-6-7-30-19(35)33-15-9-13(20(22,23)24)8-14(10-15)21(25,26)27/h2-5,8-11H,6-7H2,1H3,(H2,30,33,35)(H2,28,29,31,32,34). The Hall–Kier alpha value is -4.10. The Morgan fingerprint density at radius 1 is 0.857 bits per heavy atom. The number of nitrogens with zero attached hydrogens (tertiary/aromatic N) is 3. The maximum absolute atomic E-state index is 12.9. The lowest BCUT2D eigenvalue weighted by molar-refractivity contribution is -0.143. The highest BCUT2D eigenvalue weighted by molar-refractivity contribution is 5.89. The van der Waals surface area contributed by atoms with Gasteiger partial charge in [0.15, 0.2) is 0 Å².